The van der Waals surface area contributed by atoms with Crippen LogP contribution in [0, 0.1) is 0 Å². The molecule has 0 aromatic heterocycles. The van der Waals surface area contributed by atoms with E-state index in [2.05, 4.69) is 42.0 Å². The van der Waals surface area contributed by atoms with Crippen LogP contribution in [0.25, 0.3) is 0 Å². The third-order valence-electron chi connectivity index (χ3n) is 3.52. The molecule has 0 heterocycles. The van der Waals surface area contributed by atoms with Gasteiger partial charge in [0.1, 0.15) is 0 Å². The number of nitrogens with one attached hydrogen (secondary N) is 1. The van der Waals surface area contributed by atoms with Crippen molar-refractivity contribution in [3.05, 3.63) is 52.0 Å². The molecule has 0 saturated heterocycles. The third kappa shape index (κ3) is 4.05. The Balaban J connectivity index is 2.21. The molecule has 0 aliphatic carbocycles. The van der Waals surface area contributed by atoms with Crippen LogP contribution < -0.4 is 10.1 Å². The van der Waals surface area contributed by atoms with Gasteiger partial charge in [-0.15, -0.1) is 0 Å². The van der Waals surface area contributed by atoms with Crippen LogP contribution in [0.15, 0.2) is 40.9 Å². The maximum atomic E-state index is 12.4. The van der Waals surface area contributed by atoms with Crippen LogP contribution in [0.3, 0.4) is 0 Å². The number of carbonyl (C=O) groups excluding carboxylic acids is 1. The lowest BCUT2D eigenvalue weighted by atomic mass is 9.87. The maximum absolute atomic E-state index is 12.4. The normalized spacial score (nSPS) is 11.2. The molecule has 1 amide bonds. The fourth-order valence-corrected chi connectivity index (χ4v) is 2.56. The Morgan fingerprint density at radius 3 is 2.30 bits per heavy atom. The van der Waals surface area contributed by atoms with Crippen LogP contribution in [0.1, 0.15) is 36.7 Å². The molecule has 5 heteroatoms. The fraction of sp³-hybridized carbons (Fsp3) is 0.278. The molecule has 0 aliphatic heterocycles. The van der Waals surface area contributed by atoms with Gasteiger partial charge in [0.05, 0.1) is 11.6 Å². The number of rotatable bonds is 3. The first-order valence-corrected chi connectivity index (χ1v) is 8.00. The number of methoxy groups -OCH3 is 1. The number of aromatic hydroxyl groups is 1. The van der Waals surface area contributed by atoms with Gasteiger partial charge >= 0.3 is 0 Å². The monoisotopic (exact) mass is 377 g/mol. The number of halogens is 1. The number of hydrogen-bond acceptors (Lipinski definition) is 3. The Morgan fingerprint density at radius 2 is 1.78 bits per heavy atom. The summed E-state index contributed by atoms with van der Waals surface area (Å²) in [6, 6.07) is 10.8. The highest BCUT2D eigenvalue weighted by Crippen LogP contribution is 2.35. The number of carbonyl (C=O) groups is 1. The Labute approximate surface area is 144 Å². The van der Waals surface area contributed by atoms with Crippen LogP contribution in [0.2, 0.25) is 0 Å². The number of anilines is 1. The SMILES string of the molecule is COc1cc(C(=O)Nc2ccc(C(C)(C)C)cc2)cc(Br)c1O. The molecular formula is C18H20BrNO3. The predicted octanol–water partition coefficient (Wildman–Crippen LogP) is 4.71. The summed E-state index contributed by atoms with van der Waals surface area (Å²) in [6.45, 7) is 6.42. The molecule has 0 saturated carbocycles. The Kier molecular flexibility index (Phi) is 5.00. The van der Waals surface area contributed by atoms with Crippen molar-refractivity contribution in [2.75, 3.05) is 12.4 Å². The van der Waals surface area contributed by atoms with Crippen molar-refractivity contribution in [3.8, 4) is 11.5 Å². The number of phenols is 1. The van der Waals surface area contributed by atoms with Gasteiger partial charge < -0.3 is 15.2 Å². The van der Waals surface area contributed by atoms with Crippen molar-refractivity contribution in [2.45, 2.75) is 26.2 Å². The van der Waals surface area contributed by atoms with Gasteiger partial charge in [0, 0.05) is 11.3 Å². The van der Waals surface area contributed by atoms with Crippen molar-refractivity contribution >= 4 is 27.5 Å². The van der Waals surface area contributed by atoms with Gasteiger partial charge in [-0.1, -0.05) is 32.9 Å². The van der Waals surface area contributed by atoms with Gasteiger partial charge in [0.15, 0.2) is 11.5 Å². The van der Waals surface area contributed by atoms with E-state index in [0.29, 0.717) is 15.7 Å². The molecule has 2 rings (SSSR count). The Morgan fingerprint density at radius 1 is 1.17 bits per heavy atom. The zero-order chi connectivity index (χ0) is 17.2. The summed E-state index contributed by atoms with van der Waals surface area (Å²) in [5, 5.41) is 12.6. The van der Waals surface area contributed by atoms with E-state index in [1.807, 2.05) is 24.3 Å². The van der Waals surface area contributed by atoms with Gasteiger partial charge in [-0.2, -0.15) is 0 Å². The molecule has 4 nitrogen and oxygen atoms in total. The van der Waals surface area contributed by atoms with Gasteiger partial charge in [0.2, 0.25) is 0 Å². The van der Waals surface area contributed by atoms with Crippen molar-refractivity contribution in [1.82, 2.24) is 0 Å². The highest BCUT2D eigenvalue weighted by atomic mass is 79.9. The minimum Gasteiger partial charge on any atom is -0.503 e. The lowest BCUT2D eigenvalue weighted by Gasteiger charge is -2.19. The first kappa shape index (κ1) is 17.3. The summed E-state index contributed by atoms with van der Waals surface area (Å²) in [4.78, 5) is 12.4. The first-order chi connectivity index (χ1) is 10.7. The van der Waals surface area contributed by atoms with Crippen LogP contribution in [-0.2, 0) is 5.41 Å². The molecule has 0 atom stereocenters. The highest BCUT2D eigenvalue weighted by Gasteiger charge is 2.15. The van der Waals surface area contributed by atoms with E-state index in [-0.39, 0.29) is 22.8 Å². The zero-order valence-corrected chi connectivity index (χ0v) is 15.2. The number of ether oxygens (including phenoxy) is 1. The largest absolute Gasteiger partial charge is 0.503 e. The third-order valence-corrected chi connectivity index (χ3v) is 4.12. The lowest BCUT2D eigenvalue weighted by molar-refractivity contribution is 0.102. The van der Waals surface area contributed by atoms with E-state index in [4.69, 9.17) is 4.74 Å². The molecule has 0 fully saturated rings. The maximum Gasteiger partial charge on any atom is 0.255 e. The second-order valence-electron chi connectivity index (χ2n) is 6.29. The number of benzene rings is 2. The van der Waals surface area contributed by atoms with E-state index in [0.717, 1.165) is 0 Å². The van der Waals surface area contributed by atoms with E-state index >= 15 is 0 Å². The second-order valence-corrected chi connectivity index (χ2v) is 7.14. The van der Waals surface area contributed by atoms with E-state index in [1.54, 1.807) is 6.07 Å². The van der Waals surface area contributed by atoms with Crippen LogP contribution in [-0.4, -0.2) is 18.1 Å². The minimum atomic E-state index is -0.271. The molecule has 122 valence electrons. The molecule has 23 heavy (non-hydrogen) atoms. The topological polar surface area (TPSA) is 58.6 Å². The van der Waals surface area contributed by atoms with Gasteiger partial charge in [0.25, 0.3) is 5.91 Å². The summed E-state index contributed by atoms with van der Waals surface area (Å²) in [6.07, 6.45) is 0. The summed E-state index contributed by atoms with van der Waals surface area (Å²) < 4.78 is 5.47. The smallest absolute Gasteiger partial charge is 0.255 e. The molecule has 2 aromatic rings. The van der Waals surface area contributed by atoms with Crippen LogP contribution in [0.4, 0.5) is 5.69 Å². The molecular weight excluding hydrogens is 358 g/mol. The molecule has 0 unspecified atom stereocenters. The number of hydrogen-bond donors (Lipinski definition) is 2. The highest BCUT2D eigenvalue weighted by molar-refractivity contribution is 9.10. The summed E-state index contributed by atoms with van der Waals surface area (Å²) in [5.74, 6) is -0.0568. The summed E-state index contributed by atoms with van der Waals surface area (Å²) in [5.41, 5.74) is 2.37. The quantitative estimate of drug-likeness (QED) is 0.813. The minimum absolute atomic E-state index is 0.0291. The lowest BCUT2D eigenvalue weighted by Crippen LogP contribution is -2.13. The average Bonchev–Trinajstić information content (AvgIpc) is 2.49. The fourth-order valence-electron chi connectivity index (χ4n) is 2.12. The van der Waals surface area contributed by atoms with Gasteiger partial charge in [-0.25, -0.2) is 0 Å². The molecule has 0 bridgehead atoms. The molecule has 0 spiro atoms. The standard InChI is InChI=1S/C18H20BrNO3/c1-18(2,3)12-5-7-13(8-6-12)20-17(22)11-9-14(19)16(21)15(10-11)23-4/h5-10,21H,1-4H3,(H,20,22). The van der Waals surface area contributed by atoms with Crippen LogP contribution in [0.5, 0.6) is 11.5 Å². The second kappa shape index (κ2) is 6.62. The van der Waals surface area contributed by atoms with Crippen molar-refractivity contribution < 1.29 is 14.6 Å². The first-order valence-electron chi connectivity index (χ1n) is 7.21. The molecule has 0 radical (unpaired) electrons. The zero-order valence-electron chi connectivity index (χ0n) is 13.6. The number of phenolic OH excluding ortho intramolecular Hbond substituents is 1. The number of amides is 1. The van der Waals surface area contributed by atoms with Gasteiger partial charge in [-0.05, 0) is 51.2 Å². The molecule has 0 aliphatic rings. The summed E-state index contributed by atoms with van der Waals surface area (Å²) >= 11 is 3.21. The van der Waals surface area contributed by atoms with E-state index < -0.39 is 0 Å². The Bertz CT molecular complexity index is 718. The molecule has 2 aromatic carbocycles. The predicted molar refractivity (Wildman–Crippen MR) is 95.5 cm³/mol. The molecule has 2 N–H and O–H groups in total. The van der Waals surface area contributed by atoms with E-state index in [9.17, 15) is 9.90 Å². The average molecular weight is 378 g/mol. The van der Waals surface area contributed by atoms with Crippen molar-refractivity contribution in [2.24, 2.45) is 0 Å². The van der Waals surface area contributed by atoms with Crippen LogP contribution >= 0.6 is 15.9 Å². The van der Waals surface area contributed by atoms with Gasteiger partial charge in [-0.3, -0.25) is 4.79 Å². The van der Waals surface area contributed by atoms with Crippen molar-refractivity contribution in [1.29, 1.82) is 0 Å². The van der Waals surface area contributed by atoms with E-state index in [1.165, 1.54) is 18.7 Å². The Hall–Kier alpha value is -2.01. The summed E-state index contributed by atoms with van der Waals surface area (Å²) in [7, 11) is 1.44. The van der Waals surface area contributed by atoms with Crippen molar-refractivity contribution in [3.63, 3.8) is 0 Å².